The molecule has 0 aliphatic carbocycles. The van der Waals surface area contributed by atoms with Gasteiger partial charge in [-0.3, -0.25) is 19.6 Å². The second-order valence-electron chi connectivity index (χ2n) is 7.59. The van der Waals surface area contributed by atoms with Gasteiger partial charge in [0.05, 0.1) is 21.9 Å². The van der Waals surface area contributed by atoms with Crippen LogP contribution in [0.3, 0.4) is 0 Å². The van der Waals surface area contributed by atoms with Crippen molar-refractivity contribution >= 4 is 33.0 Å². The number of benzene rings is 3. The van der Waals surface area contributed by atoms with E-state index in [1.54, 1.807) is 19.4 Å². The van der Waals surface area contributed by atoms with Crippen molar-refractivity contribution in [3.63, 3.8) is 0 Å². The molecule has 1 amide bonds. The van der Waals surface area contributed by atoms with Crippen LogP contribution in [-0.2, 0) is 10.0 Å². The first-order chi connectivity index (χ1) is 17.2. The van der Waals surface area contributed by atoms with Gasteiger partial charge in [-0.2, -0.15) is 5.10 Å². The summed E-state index contributed by atoms with van der Waals surface area (Å²) in [5.74, 6) is -0.475. The van der Waals surface area contributed by atoms with Gasteiger partial charge in [-0.25, -0.2) is 18.8 Å². The maximum atomic E-state index is 12.6. The first-order valence-electron chi connectivity index (χ1n) is 10.5. The largest absolute Gasteiger partial charge is 0.306 e. The first kappa shape index (κ1) is 24.3. The molecule has 0 atom stereocenters. The Morgan fingerprint density at radius 2 is 1.72 bits per heavy atom. The van der Waals surface area contributed by atoms with E-state index in [-0.39, 0.29) is 21.8 Å². The molecule has 0 aliphatic rings. The van der Waals surface area contributed by atoms with Crippen molar-refractivity contribution in [1.82, 2.24) is 15.0 Å². The molecule has 0 spiro atoms. The minimum Gasteiger partial charge on any atom is -0.306 e. The molecule has 0 bridgehead atoms. The van der Waals surface area contributed by atoms with Gasteiger partial charge < -0.3 is 4.57 Å². The summed E-state index contributed by atoms with van der Waals surface area (Å²) in [6.07, 6.45) is 5.22. The minimum atomic E-state index is -4.05. The number of hydrogen-bond donors (Lipinski definition) is 2. The van der Waals surface area contributed by atoms with Gasteiger partial charge in [0.2, 0.25) is 0 Å². The monoisotopic (exact) mass is 504 g/mol. The van der Waals surface area contributed by atoms with Gasteiger partial charge >= 0.3 is 0 Å². The van der Waals surface area contributed by atoms with Crippen molar-refractivity contribution in [3.8, 4) is 5.69 Å². The Morgan fingerprint density at radius 3 is 2.36 bits per heavy atom. The number of nitro benzene ring substituents is 1. The smallest absolute Gasteiger partial charge is 0.271 e. The van der Waals surface area contributed by atoms with Gasteiger partial charge in [0.15, 0.2) is 0 Å². The van der Waals surface area contributed by atoms with Gasteiger partial charge in [0, 0.05) is 41.5 Å². The van der Waals surface area contributed by atoms with E-state index in [1.165, 1.54) is 42.5 Å². The number of carbonyl (C=O) groups is 1. The molecule has 1 aromatic heterocycles. The van der Waals surface area contributed by atoms with Crippen LogP contribution < -0.4 is 10.1 Å². The van der Waals surface area contributed by atoms with E-state index in [0.29, 0.717) is 5.71 Å². The fraction of sp³-hybridized carbons (Fsp3) is 0.0417. The quantitative estimate of drug-likeness (QED) is 0.212. The minimum absolute atomic E-state index is 0.190. The average molecular weight is 505 g/mol. The van der Waals surface area contributed by atoms with Crippen molar-refractivity contribution < 1.29 is 18.1 Å². The zero-order chi connectivity index (χ0) is 25.7. The summed E-state index contributed by atoms with van der Waals surface area (Å²) in [5, 5.41) is 15.1. The van der Waals surface area contributed by atoms with E-state index in [2.05, 4.69) is 20.2 Å². The van der Waals surface area contributed by atoms with Crippen LogP contribution in [0.15, 0.2) is 102 Å². The van der Waals surface area contributed by atoms with Crippen molar-refractivity contribution in [3.05, 3.63) is 113 Å². The molecule has 11 nitrogen and oxygen atoms in total. The third kappa shape index (κ3) is 5.62. The number of hydrazone groups is 1. The molecule has 0 saturated heterocycles. The molecular formula is C24H20N6O5S. The Morgan fingerprint density at radius 1 is 1.03 bits per heavy atom. The third-order valence-corrected chi connectivity index (χ3v) is 6.53. The zero-order valence-corrected chi connectivity index (χ0v) is 19.7. The zero-order valence-electron chi connectivity index (χ0n) is 18.9. The van der Waals surface area contributed by atoms with Crippen molar-refractivity contribution in [2.45, 2.75) is 11.8 Å². The van der Waals surface area contributed by atoms with Crippen LogP contribution >= 0.6 is 0 Å². The summed E-state index contributed by atoms with van der Waals surface area (Å²) in [6.45, 7) is 1.76. The maximum Gasteiger partial charge on any atom is 0.271 e. The molecular weight excluding hydrogens is 484 g/mol. The van der Waals surface area contributed by atoms with E-state index in [1.807, 2.05) is 35.0 Å². The van der Waals surface area contributed by atoms with E-state index in [4.69, 9.17) is 0 Å². The van der Waals surface area contributed by atoms with Gasteiger partial charge in [0.25, 0.3) is 21.6 Å². The van der Waals surface area contributed by atoms with Gasteiger partial charge in [0.1, 0.15) is 0 Å². The van der Waals surface area contributed by atoms with Crippen LogP contribution in [0.25, 0.3) is 5.69 Å². The summed E-state index contributed by atoms with van der Waals surface area (Å²) >= 11 is 0. The second-order valence-corrected chi connectivity index (χ2v) is 9.27. The SMILES string of the molecule is C/C(=N\NC(=O)c1ccc(NS(=O)(=O)c2cccc([N+](=O)[O-])c2)cc1)c1ccc(-n2ccnc2)cc1. The molecule has 12 heteroatoms. The number of nitrogens with zero attached hydrogens (tertiary/aromatic N) is 4. The summed E-state index contributed by atoms with van der Waals surface area (Å²) in [5.41, 5.74) is 4.96. The van der Waals surface area contributed by atoms with Crippen molar-refractivity contribution in [1.29, 1.82) is 0 Å². The summed E-state index contributed by atoms with van der Waals surface area (Å²) in [6, 6.07) is 18.0. The Bertz CT molecular complexity index is 1530. The van der Waals surface area contributed by atoms with E-state index in [0.717, 1.165) is 17.3 Å². The van der Waals surface area contributed by atoms with Crippen molar-refractivity contribution in [2.75, 3.05) is 4.72 Å². The number of non-ortho nitro benzene ring substituents is 1. The van der Waals surface area contributed by atoms with Gasteiger partial charge in [-0.15, -0.1) is 0 Å². The number of nitrogens with one attached hydrogen (secondary N) is 2. The lowest BCUT2D eigenvalue weighted by molar-refractivity contribution is -0.385. The van der Waals surface area contributed by atoms with Crippen LogP contribution in [0.5, 0.6) is 0 Å². The molecule has 182 valence electrons. The lowest BCUT2D eigenvalue weighted by atomic mass is 10.1. The number of sulfonamides is 1. The van der Waals surface area contributed by atoms with Gasteiger partial charge in [-0.05, 0) is 55.0 Å². The molecule has 0 fully saturated rings. The number of nitro groups is 1. The Balaban J connectivity index is 1.40. The number of rotatable bonds is 8. The van der Waals surface area contributed by atoms with Crippen LogP contribution in [0.1, 0.15) is 22.8 Å². The number of amides is 1. The second kappa shape index (κ2) is 10.2. The summed E-state index contributed by atoms with van der Waals surface area (Å²) in [4.78, 5) is 26.5. The first-order valence-corrected chi connectivity index (χ1v) is 12.0. The molecule has 0 saturated carbocycles. The Hall–Kier alpha value is -4.84. The van der Waals surface area contributed by atoms with E-state index >= 15 is 0 Å². The predicted molar refractivity (Wildman–Crippen MR) is 134 cm³/mol. The van der Waals surface area contributed by atoms with Crippen LogP contribution in [0.2, 0.25) is 0 Å². The predicted octanol–water partition coefficient (Wildman–Crippen LogP) is 3.74. The molecule has 0 aliphatic heterocycles. The van der Waals surface area contributed by atoms with Crippen LogP contribution in [0, 0.1) is 10.1 Å². The molecule has 1 heterocycles. The summed E-state index contributed by atoms with van der Waals surface area (Å²) < 4.78 is 29.3. The molecule has 0 radical (unpaired) electrons. The van der Waals surface area contributed by atoms with E-state index < -0.39 is 20.9 Å². The number of carbonyl (C=O) groups excluding carboxylic acids is 1. The Kier molecular flexibility index (Phi) is 6.88. The lowest BCUT2D eigenvalue weighted by Crippen LogP contribution is -2.19. The number of hydrogen-bond acceptors (Lipinski definition) is 7. The molecule has 2 N–H and O–H groups in total. The number of aromatic nitrogens is 2. The number of anilines is 1. The standard InChI is InChI=1S/C24H20N6O5S/c1-17(18-7-11-21(12-8-18)29-14-13-25-16-29)26-27-24(31)19-5-9-20(10-6-19)28-36(34,35)23-4-2-3-22(15-23)30(32)33/h2-16,28H,1H3,(H,27,31)/b26-17+. The topological polar surface area (TPSA) is 149 Å². The molecule has 0 unspecified atom stereocenters. The number of imidazole rings is 1. The average Bonchev–Trinajstić information content (AvgIpc) is 3.42. The fourth-order valence-corrected chi connectivity index (χ4v) is 4.32. The van der Waals surface area contributed by atoms with Gasteiger partial charge in [-0.1, -0.05) is 18.2 Å². The highest BCUT2D eigenvalue weighted by atomic mass is 32.2. The molecule has 4 aromatic rings. The molecule has 3 aromatic carbocycles. The van der Waals surface area contributed by atoms with Crippen molar-refractivity contribution in [2.24, 2.45) is 5.10 Å². The lowest BCUT2D eigenvalue weighted by Gasteiger charge is -2.09. The summed E-state index contributed by atoms with van der Waals surface area (Å²) in [7, 11) is -4.05. The Labute approximate surface area is 206 Å². The van der Waals surface area contributed by atoms with Crippen LogP contribution in [-0.4, -0.2) is 34.5 Å². The normalized spacial score (nSPS) is 11.6. The third-order valence-electron chi connectivity index (χ3n) is 5.15. The van der Waals surface area contributed by atoms with E-state index in [9.17, 15) is 23.3 Å². The van der Waals surface area contributed by atoms with Crippen LogP contribution in [0.4, 0.5) is 11.4 Å². The maximum absolute atomic E-state index is 12.6. The highest BCUT2D eigenvalue weighted by Crippen LogP contribution is 2.21. The molecule has 36 heavy (non-hydrogen) atoms. The highest BCUT2D eigenvalue weighted by Gasteiger charge is 2.18. The highest BCUT2D eigenvalue weighted by molar-refractivity contribution is 7.92. The fourth-order valence-electron chi connectivity index (χ4n) is 3.22. The molecule has 4 rings (SSSR count).